The SMILES string of the molecule is COC(=O)C(C)(C)c1ccc(-c2cccc(N)c2)cc1. The first-order chi connectivity index (χ1) is 9.45. The summed E-state index contributed by atoms with van der Waals surface area (Å²) in [5.74, 6) is -0.241. The summed E-state index contributed by atoms with van der Waals surface area (Å²) in [4.78, 5) is 11.8. The van der Waals surface area contributed by atoms with E-state index in [0.717, 1.165) is 22.4 Å². The summed E-state index contributed by atoms with van der Waals surface area (Å²) in [5, 5.41) is 0. The van der Waals surface area contributed by atoms with Gasteiger partial charge in [0.2, 0.25) is 0 Å². The molecule has 0 aliphatic carbocycles. The number of carbonyl (C=O) groups excluding carboxylic acids is 1. The Labute approximate surface area is 119 Å². The molecular weight excluding hydrogens is 250 g/mol. The summed E-state index contributed by atoms with van der Waals surface area (Å²) in [6.45, 7) is 3.71. The van der Waals surface area contributed by atoms with Crippen LogP contribution in [-0.2, 0) is 14.9 Å². The Balaban J connectivity index is 2.33. The molecule has 0 saturated heterocycles. The van der Waals surface area contributed by atoms with E-state index in [-0.39, 0.29) is 5.97 Å². The lowest BCUT2D eigenvalue weighted by Crippen LogP contribution is -2.30. The quantitative estimate of drug-likeness (QED) is 0.686. The third-order valence-corrected chi connectivity index (χ3v) is 3.52. The number of hydrogen-bond acceptors (Lipinski definition) is 3. The minimum atomic E-state index is -0.650. The zero-order chi connectivity index (χ0) is 14.8. The largest absolute Gasteiger partial charge is 0.468 e. The number of anilines is 1. The van der Waals surface area contributed by atoms with Crippen molar-refractivity contribution in [3.05, 3.63) is 54.1 Å². The van der Waals surface area contributed by atoms with Gasteiger partial charge in [0.05, 0.1) is 12.5 Å². The van der Waals surface area contributed by atoms with Crippen LogP contribution >= 0.6 is 0 Å². The molecule has 104 valence electrons. The monoisotopic (exact) mass is 269 g/mol. The molecule has 0 unspecified atom stereocenters. The number of nitrogens with two attached hydrogens (primary N) is 1. The fourth-order valence-electron chi connectivity index (χ4n) is 2.17. The third-order valence-electron chi connectivity index (χ3n) is 3.52. The molecule has 0 amide bonds. The van der Waals surface area contributed by atoms with Crippen molar-refractivity contribution in [2.24, 2.45) is 0 Å². The molecule has 0 atom stereocenters. The normalized spacial score (nSPS) is 11.2. The van der Waals surface area contributed by atoms with Gasteiger partial charge in [-0.1, -0.05) is 36.4 Å². The zero-order valence-corrected chi connectivity index (χ0v) is 12.0. The first-order valence-electron chi connectivity index (χ1n) is 6.50. The van der Waals surface area contributed by atoms with Crippen LogP contribution < -0.4 is 5.73 Å². The van der Waals surface area contributed by atoms with Crippen LogP contribution in [0.1, 0.15) is 19.4 Å². The maximum Gasteiger partial charge on any atom is 0.315 e. The van der Waals surface area contributed by atoms with E-state index >= 15 is 0 Å². The molecule has 0 aliphatic heterocycles. The van der Waals surface area contributed by atoms with Gasteiger partial charge in [0.15, 0.2) is 0 Å². The van der Waals surface area contributed by atoms with E-state index in [4.69, 9.17) is 10.5 Å². The van der Waals surface area contributed by atoms with Crippen LogP contribution in [0.5, 0.6) is 0 Å². The number of ether oxygens (including phenoxy) is 1. The zero-order valence-electron chi connectivity index (χ0n) is 12.0. The molecule has 2 aromatic carbocycles. The van der Waals surface area contributed by atoms with E-state index in [1.165, 1.54) is 7.11 Å². The minimum Gasteiger partial charge on any atom is -0.468 e. The van der Waals surface area contributed by atoms with Crippen LogP contribution in [-0.4, -0.2) is 13.1 Å². The highest BCUT2D eigenvalue weighted by atomic mass is 16.5. The second-order valence-corrected chi connectivity index (χ2v) is 5.32. The highest BCUT2D eigenvalue weighted by Crippen LogP contribution is 2.28. The van der Waals surface area contributed by atoms with Crippen molar-refractivity contribution in [3.8, 4) is 11.1 Å². The molecule has 0 aliphatic rings. The first-order valence-corrected chi connectivity index (χ1v) is 6.50. The molecule has 20 heavy (non-hydrogen) atoms. The van der Waals surface area contributed by atoms with Gasteiger partial charge >= 0.3 is 5.97 Å². The van der Waals surface area contributed by atoms with Crippen LogP contribution in [0.15, 0.2) is 48.5 Å². The van der Waals surface area contributed by atoms with E-state index in [1.807, 2.05) is 62.4 Å². The second kappa shape index (κ2) is 5.37. The summed E-state index contributed by atoms with van der Waals surface area (Å²) in [6.07, 6.45) is 0. The number of esters is 1. The summed E-state index contributed by atoms with van der Waals surface area (Å²) in [6, 6.07) is 15.6. The van der Waals surface area contributed by atoms with Gasteiger partial charge in [-0.05, 0) is 42.7 Å². The predicted octanol–water partition coefficient (Wildman–Crippen LogP) is 3.39. The van der Waals surface area contributed by atoms with E-state index in [1.54, 1.807) is 0 Å². The fourth-order valence-corrected chi connectivity index (χ4v) is 2.17. The van der Waals surface area contributed by atoms with Gasteiger partial charge in [-0.25, -0.2) is 0 Å². The van der Waals surface area contributed by atoms with Gasteiger partial charge in [0.1, 0.15) is 0 Å². The lowest BCUT2D eigenvalue weighted by molar-refractivity contribution is -0.146. The van der Waals surface area contributed by atoms with Gasteiger partial charge in [0, 0.05) is 5.69 Å². The van der Waals surface area contributed by atoms with Crippen LogP contribution in [0.2, 0.25) is 0 Å². The molecule has 0 saturated carbocycles. The van der Waals surface area contributed by atoms with Crippen molar-refractivity contribution in [3.63, 3.8) is 0 Å². The predicted molar refractivity (Wildman–Crippen MR) is 81.3 cm³/mol. The molecule has 0 fully saturated rings. The van der Waals surface area contributed by atoms with Crippen molar-refractivity contribution in [1.82, 2.24) is 0 Å². The van der Waals surface area contributed by atoms with E-state index in [2.05, 4.69) is 0 Å². The molecule has 0 bridgehead atoms. The Morgan fingerprint density at radius 3 is 2.25 bits per heavy atom. The van der Waals surface area contributed by atoms with E-state index in [0.29, 0.717) is 0 Å². The lowest BCUT2D eigenvalue weighted by Gasteiger charge is -2.22. The summed E-state index contributed by atoms with van der Waals surface area (Å²) in [7, 11) is 1.41. The third kappa shape index (κ3) is 2.67. The van der Waals surface area contributed by atoms with Crippen LogP contribution in [0.25, 0.3) is 11.1 Å². The molecule has 0 spiro atoms. The van der Waals surface area contributed by atoms with Crippen molar-refractivity contribution >= 4 is 11.7 Å². The summed E-state index contributed by atoms with van der Waals surface area (Å²) < 4.78 is 4.84. The molecule has 2 rings (SSSR count). The molecule has 2 aromatic rings. The average molecular weight is 269 g/mol. The van der Waals surface area contributed by atoms with Gasteiger partial charge in [-0.15, -0.1) is 0 Å². The summed E-state index contributed by atoms with van der Waals surface area (Å²) >= 11 is 0. The molecule has 3 heteroatoms. The van der Waals surface area contributed by atoms with Crippen LogP contribution in [0.3, 0.4) is 0 Å². The number of hydrogen-bond donors (Lipinski definition) is 1. The number of carbonyl (C=O) groups is 1. The highest BCUT2D eigenvalue weighted by Gasteiger charge is 2.30. The second-order valence-electron chi connectivity index (χ2n) is 5.32. The number of methoxy groups -OCH3 is 1. The molecule has 0 heterocycles. The Hall–Kier alpha value is -2.29. The van der Waals surface area contributed by atoms with Crippen molar-refractivity contribution in [2.75, 3.05) is 12.8 Å². The first kappa shape index (κ1) is 14.1. The molecule has 0 aromatic heterocycles. The Morgan fingerprint density at radius 2 is 1.70 bits per heavy atom. The highest BCUT2D eigenvalue weighted by molar-refractivity contribution is 5.82. The average Bonchev–Trinajstić information content (AvgIpc) is 2.46. The van der Waals surface area contributed by atoms with Gasteiger partial charge < -0.3 is 10.5 Å². The van der Waals surface area contributed by atoms with E-state index < -0.39 is 5.41 Å². The lowest BCUT2D eigenvalue weighted by atomic mass is 9.84. The van der Waals surface area contributed by atoms with Crippen LogP contribution in [0, 0.1) is 0 Å². The fraction of sp³-hybridized carbons (Fsp3) is 0.235. The molecule has 3 nitrogen and oxygen atoms in total. The number of rotatable bonds is 3. The van der Waals surface area contributed by atoms with Crippen LogP contribution in [0.4, 0.5) is 5.69 Å². The summed E-state index contributed by atoms with van der Waals surface area (Å²) in [5.41, 5.74) is 8.94. The van der Waals surface area contributed by atoms with Gasteiger partial charge in [-0.3, -0.25) is 4.79 Å². The van der Waals surface area contributed by atoms with E-state index in [9.17, 15) is 4.79 Å². The smallest absolute Gasteiger partial charge is 0.315 e. The molecule has 2 N–H and O–H groups in total. The number of benzene rings is 2. The molecular formula is C17H19NO2. The van der Waals surface area contributed by atoms with Gasteiger partial charge in [-0.2, -0.15) is 0 Å². The Kier molecular flexibility index (Phi) is 3.79. The maximum absolute atomic E-state index is 11.8. The topological polar surface area (TPSA) is 52.3 Å². The number of nitrogen functional groups attached to an aromatic ring is 1. The Bertz CT molecular complexity index is 615. The minimum absolute atomic E-state index is 0.241. The van der Waals surface area contributed by atoms with Gasteiger partial charge in [0.25, 0.3) is 0 Å². The molecule has 0 radical (unpaired) electrons. The standard InChI is InChI=1S/C17H19NO2/c1-17(2,16(19)20-3)14-9-7-12(8-10-14)13-5-4-6-15(18)11-13/h4-11H,18H2,1-3H3. The maximum atomic E-state index is 11.8. The van der Waals surface area contributed by atoms with Crippen molar-refractivity contribution in [1.29, 1.82) is 0 Å². The van der Waals surface area contributed by atoms with Crippen molar-refractivity contribution < 1.29 is 9.53 Å². The Morgan fingerprint density at radius 1 is 1.05 bits per heavy atom. The van der Waals surface area contributed by atoms with Crippen molar-refractivity contribution in [2.45, 2.75) is 19.3 Å².